The van der Waals surface area contributed by atoms with E-state index >= 15 is 0 Å². The van der Waals surface area contributed by atoms with Gasteiger partial charge in [-0.1, -0.05) is 13.8 Å². The summed E-state index contributed by atoms with van der Waals surface area (Å²) in [5, 5.41) is 0. The van der Waals surface area contributed by atoms with Crippen molar-refractivity contribution in [2.45, 2.75) is 76.8 Å². The van der Waals surface area contributed by atoms with Crippen LogP contribution >= 0.6 is 0 Å². The van der Waals surface area contributed by atoms with Gasteiger partial charge in [-0.15, -0.1) is 0 Å². The van der Waals surface area contributed by atoms with Crippen molar-refractivity contribution in [1.82, 2.24) is 0 Å². The molecule has 0 radical (unpaired) electrons. The van der Waals surface area contributed by atoms with Crippen LogP contribution in [0.1, 0.15) is 65.2 Å². The van der Waals surface area contributed by atoms with Crippen LogP contribution in [0.3, 0.4) is 0 Å². The minimum Gasteiger partial charge on any atom is -0.312 e. The lowest BCUT2D eigenvalue weighted by Crippen LogP contribution is -2.59. The van der Waals surface area contributed by atoms with Gasteiger partial charge in [0.1, 0.15) is 0 Å². The summed E-state index contributed by atoms with van der Waals surface area (Å²) in [5.41, 5.74) is 0. The first-order chi connectivity index (χ1) is 10.1. The predicted molar refractivity (Wildman–Crippen MR) is 77.9 cm³/mol. The number of rotatable bonds is 0. The molecule has 118 valence electrons. The molecule has 1 heterocycles. The third-order valence-corrected chi connectivity index (χ3v) is 7.07. The van der Waals surface area contributed by atoms with Crippen LogP contribution in [0.2, 0.25) is 0 Å². The molecule has 5 saturated carbocycles. The Hall–Kier alpha value is -0.120. The van der Waals surface area contributed by atoms with E-state index < -0.39 is 5.79 Å². The predicted octanol–water partition coefficient (Wildman–Crippen LogP) is 4.27. The van der Waals surface area contributed by atoms with Crippen molar-refractivity contribution in [3.8, 4) is 0 Å². The molecule has 3 heteroatoms. The standard InChI is InChI=1S/C18H28O3/c1-11-3-12(2)10-17(9-11)19-18(21-20-17)15-5-13-4-14(7-15)8-16(18)6-13/h11-16H,3-10H2,1-2H3. The minimum atomic E-state index is -0.438. The minimum absolute atomic E-state index is 0.385. The largest absolute Gasteiger partial charge is 0.312 e. The van der Waals surface area contributed by atoms with E-state index in [1.165, 1.54) is 38.5 Å². The van der Waals surface area contributed by atoms with E-state index in [-0.39, 0.29) is 5.79 Å². The highest BCUT2D eigenvalue weighted by atomic mass is 17.3. The van der Waals surface area contributed by atoms with Crippen LogP contribution in [0.4, 0.5) is 0 Å². The highest BCUT2D eigenvalue weighted by molar-refractivity contribution is 5.05. The highest BCUT2D eigenvalue weighted by Gasteiger charge is 2.67. The Morgan fingerprint density at radius 2 is 1.29 bits per heavy atom. The average Bonchev–Trinajstić information content (AvgIpc) is 2.74. The molecule has 1 aliphatic heterocycles. The molecule has 5 aliphatic carbocycles. The Morgan fingerprint density at radius 3 is 1.86 bits per heavy atom. The fourth-order valence-corrected chi connectivity index (χ4v) is 6.76. The maximum atomic E-state index is 6.75. The lowest BCUT2D eigenvalue weighted by molar-refractivity contribution is -0.391. The molecule has 4 bridgehead atoms. The van der Waals surface area contributed by atoms with E-state index in [4.69, 9.17) is 14.5 Å². The van der Waals surface area contributed by atoms with Crippen LogP contribution in [-0.2, 0) is 14.5 Å². The summed E-state index contributed by atoms with van der Waals surface area (Å²) in [6.45, 7) is 4.65. The van der Waals surface area contributed by atoms with Crippen molar-refractivity contribution < 1.29 is 14.5 Å². The molecule has 3 nitrogen and oxygen atoms in total. The molecule has 6 fully saturated rings. The van der Waals surface area contributed by atoms with Gasteiger partial charge in [0.2, 0.25) is 11.6 Å². The molecular formula is C18H28O3. The van der Waals surface area contributed by atoms with Gasteiger partial charge >= 0.3 is 0 Å². The third-order valence-electron chi connectivity index (χ3n) is 7.07. The summed E-state index contributed by atoms with van der Waals surface area (Å²) in [5.74, 6) is 3.56. The van der Waals surface area contributed by atoms with Crippen LogP contribution in [0, 0.1) is 35.5 Å². The van der Waals surface area contributed by atoms with Gasteiger partial charge in [-0.05, 0) is 62.2 Å². The molecule has 6 rings (SSSR count). The highest BCUT2D eigenvalue weighted by Crippen LogP contribution is 2.64. The van der Waals surface area contributed by atoms with Crippen molar-refractivity contribution in [2.24, 2.45) is 35.5 Å². The van der Waals surface area contributed by atoms with Crippen molar-refractivity contribution in [2.75, 3.05) is 0 Å². The Bertz CT molecular complexity index is 408. The van der Waals surface area contributed by atoms with Crippen LogP contribution in [0.25, 0.3) is 0 Å². The number of ether oxygens (including phenoxy) is 1. The summed E-state index contributed by atoms with van der Waals surface area (Å²) in [6, 6.07) is 0. The summed E-state index contributed by atoms with van der Waals surface area (Å²) in [4.78, 5) is 12.1. The summed E-state index contributed by atoms with van der Waals surface area (Å²) < 4.78 is 6.75. The van der Waals surface area contributed by atoms with Gasteiger partial charge in [0.15, 0.2) is 0 Å². The van der Waals surface area contributed by atoms with E-state index in [0.29, 0.717) is 23.7 Å². The molecule has 1 saturated heterocycles. The van der Waals surface area contributed by atoms with E-state index in [0.717, 1.165) is 24.7 Å². The summed E-state index contributed by atoms with van der Waals surface area (Å²) in [7, 11) is 0. The second-order valence-corrected chi connectivity index (χ2v) is 9.06. The van der Waals surface area contributed by atoms with Gasteiger partial charge in [-0.2, -0.15) is 9.78 Å². The van der Waals surface area contributed by atoms with Gasteiger partial charge in [0, 0.05) is 24.7 Å². The van der Waals surface area contributed by atoms with E-state index in [2.05, 4.69) is 13.8 Å². The lowest BCUT2D eigenvalue weighted by atomic mass is 9.53. The van der Waals surface area contributed by atoms with E-state index in [1.807, 2.05) is 0 Å². The Kier molecular flexibility index (Phi) is 2.69. The van der Waals surface area contributed by atoms with Crippen molar-refractivity contribution in [3.05, 3.63) is 0 Å². The first-order valence-electron chi connectivity index (χ1n) is 9.14. The topological polar surface area (TPSA) is 27.7 Å². The van der Waals surface area contributed by atoms with E-state index in [9.17, 15) is 0 Å². The van der Waals surface area contributed by atoms with Gasteiger partial charge < -0.3 is 4.74 Å². The molecule has 0 aromatic rings. The van der Waals surface area contributed by atoms with Crippen molar-refractivity contribution in [1.29, 1.82) is 0 Å². The normalized spacial score (nSPS) is 62.0. The van der Waals surface area contributed by atoms with Gasteiger partial charge in [0.25, 0.3) is 0 Å². The molecule has 0 N–H and O–H groups in total. The fraction of sp³-hybridized carbons (Fsp3) is 1.00. The molecule has 0 aromatic carbocycles. The van der Waals surface area contributed by atoms with Gasteiger partial charge in [-0.3, -0.25) is 0 Å². The van der Waals surface area contributed by atoms with E-state index in [1.54, 1.807) is 0 Å². The number of hydrogen-bond acceptors (Lipinski definition) is 3. The zero-order valence-electron chi connectivity index (χ0n) is 13.3. The van der Waals surface area contributed by atoms with Crippen molar-refractivity contribution >= 4 is 0 Å². The maximum Gasteiger partial charge on any atom is 0.210 e. The second kappa shape index (κ2) is 4.24. The zero-order valence-corrected chi connectivity index (χ0v) is 13.3. The Morgan fingerprint density at radius 1 is 0.714 bits per heavy atom. The molecule has 2 unspecified atom stereocenters. The average molecular weight is 292 g/mol. The first-order valence-corrected chi connectivity index (χ1v) is 9.14. The van der Waals surface area contributed by atoms with Crippen LogP contribution in [0.5, 0.6) is 0 Å². The maximum absolute atomic E-state index is 6.75. The molecule has 0 amide bonds. The summed E-state index contributed by atoms with van der Waals surface area (Å²) >= 11 is 0. The van der Waals surface area contributed by atoms with Crippen molar-refractivity contribution in [3.63, 3.8) is 0 Å². The van der Waals surface area contributed by atoms with Gasteiger partial charge in [0.05, 0.1) is 0 Å². The molecule has 21 heavy (non-hydrogen) atoms. The smallest absolute Gasteiger partial charge is 0.210 e. The summed E-state index contributed by atoms with van der Waals surface area (Å²) in [6.07, 6.45) is 9.97. The quantitative estimate of drug-likeness (QED) is 0.624. The molecule has 0 aromatic heterocycles. The lowest BCUT2D eigenvalue weighted by Gasteiger charge is -2.57. The molecule has 2 spiro atoms. The van der Waals surface area contributed by atoms with Gasteiger partial charge in [-0.25, -0.2) is 0 Å². The second-order valence-electron chi connectivity index (χ2n) is 9.06. The molecular weight excluding hydrogens is 264 g/mol. The molecule has 6 aliphatic rings. The fourth-order valence-electron chi connectivity index (χ4n) is 6.76. The monoisotopic (exact) mass is 292 g/mol. The van der Waals surface area contributed by atoms with Crippen LogP contribution in [0.15, 0.2) is 0 Å². The van der Waals surface area contributed by atoms with Crippen LogP contribution < -0.4 is 0 Å². The third kappa shape index (κ3) is 1.83. The molecule has 2 atom stereocenters. The zero-order chi connectivity index (χ0) is 14.2. The Balaban J connectivity index is 1.44. The number of hydrogen-bond donors (Lipinski definition) is 0. The van der Waals surface area contributed by atoms with Crippen LogP contribution in [-0.4, -0.2) is 11.6 Å². The SMILES string of the molecule is CC1CC(C)CC2(C1)OOC1(O2)C2CC3CC(C2)CC1C3. The first kappa shape index (κ1) is 13.3. The Labute approximate surface area is 127 Å².